The molecule has 60 heavy (non-hydrogen) atoms. The van der Waals surface area contributed by atoms with Crippen LogP contribution in [-0.4, -0.2) is 94.8 Å². The molecule has 0 radical (unpaired) electrons. The van der Waals surface area contributed by atoms with E-state index >= 15 is 0 Å². The van der Waals surface area contributed by atoms with Crippen LogP contribution in [0.1, 0.15) is 104 Å². The van der Waals surface area contributed by atoms with Crippen LogP contribution < -0.4 is 10.9 Å². The predicted molar refractivity (Wildman–Crippen MR) is 230 cm³/mol. The maximum absolute atomic E-state index is 11.6. The highest BCUT2D eigenvalue weighted by Crippen LogP contribution is 2.28. The van der Waals surface area contributed by atoms with Crippen LogP contribution in [0.3, 0.4) is 0 Å². The van der Waals surface area contributed by atoms with Crippen molar-refractivity contribution in [2.75, 3.05) is 32.7 Å². The Hall–Kier alpha value is -5.41. The van der Waals surface area contributed by atoms with Crippen LogP contribution in [-0.2, 0) is 29.0 Å². The molecule has 1 saturated carbocycles. The average Bonchev–Trinajstić information content (AvgIpc) is 3.74. The maximum Gasteiger partial charge on any atom is 0.303 e. The number of aliphatic hydroxyl groups excluding tert-OH is 2. The lowest BCUT2D eigenvalue weighted by molar-refractivity contribution is -0.143. The molecule has 0 amide bonds. The van der Waals surface area contributed by atoms with Crippen LogP contribution in [0.2, 0.25) is 0 Å². The summed E-state index contributed by atoms with van der Waals surface area (Å²) in [5, 5.41) is 55.7. The summed E-state index contributed by atoms with van der Waals surface area (Å²) < 4.78 is 1.88. The molecule has 1 aliphatic carbocycles. The number of aliphatic carboxylic acids is 2. The number of phenols is 1. The number of phenolic OH excluding ortho intramolecular Hbond substituents is 1. The van der Waals surface area contributed by atoms with Crippen LogP contribution in [0, 0.1) is 5.92 Å². The zero-order valence-electron chi connectivity index (χ0n) is 34.3. The fourth-order valence-corrected chi connectivity index (χ4v) is 7.53. The van der Waals surface area contributed by atoms with E-state index in [1.807, 2.05) is 35.0 Å². The van der Waals surface area contributed by atoms with Gasteiger partial charge in [-0.05, 0) is 85.6 Å². The molecule has 2 atom stereocenters. The summed E-state index contributed by atoms with van der Waals surface area (Å²) in [6.07, 6.45) is 12.7. The van der Waals surface area contributed by atoms with E-state index in [-0.39, 0.29) is 24.2 Å². The van der Waals surface area contributed by atoms with Crippen LogP contribution >= 0.6 is 0 Å². The maximum atomic E-state index is 11.6. The molecule has 14 nitrogen and oxygen atoms in total. The first-order chi connectivity index (χ1) is 29.0. The molecule has 0 bridgehead atoms. The molecule has 7 rings (SSSR count). The van der Waals surface area contributed by atoms with Gasteiger partial charge >= 0.3 is 11.9 Å². The first-order valence-corrected chi connectivity index (χ1v) is 21.2. The van der Waals surface area contributed by atoms with E-state index in [1.165, 1.54) is 61.8 Å². The molecule has 2 aliphatic rings. The summed E-state index contributed by atoms with van der Waals surface area (Å²) in [5.41, 5.74) is 4.08. The Balaban J connectivity index is 0.000000415. The number of aromatic nitrogens is 4. The number of carboxylic acid groups (broad SMARTS) is 2. The van der Waals surface area contributed by atoms with Gasteiger partial charge < -0.3 is 40.7 Å². The summed E-state index contributed by atoms with van der Waals surface area (Å²) in [6, 6.07) is 24.5. The molecule has 1 aliphatic heterocycles. The van der Waals surface area contributed by atoms with Gasteiger partial charge in [0.1, 0.15) is 18.2 Å². The molecule has 3 heterocycles. The van der Waals surface area contributed by atoms with Crippen molar-refractivity contribution in [1.82, 2.24) is 30.0 Å². The Morgan fingerprint density at radius 1 is 0.800 bits per heavy atom. The number of aromatic hydroxyl groups is 1. The number of nitrogens with zero attached hydrogens (tertiary/aromatic N) is 4. The minimum atomic E-state index is -1.08. The molecule has 5 aromatic rings. The van der Waals surface area contributed by atoms with E-state index in [0.29, 0.717) is 34.8 Å². The molecular formula is C46H60N6O8. The lowest BCUT2D eigenvalue weighted by Gasteiger charge is -2.31. The molecule has 0 spiro atoms. The Morgan fingerprint density at radius 3 is 2.03 bits per heavy atom. The molecule has 1 saturated heterocycles. The number of rotatable bonds is 16. The lowest BCUT2D eigenvalue weighted by atomic mass is 9.96. The summed E-state index contributed by atoms with van der Waals surface area (Å²) in [6.45, 7) is 5.11. The molecule has 7 N–H and O–H groups in total. The number of H-pyrrole nitrogens is 1. The highest BCUT2D eigenvalue weighted by atomic mass is 16.4. The highest BCUT2D eigenvalue weighted by molar-refractivity contribution is 5.87. The third-order valence-electron chi connectivity index (χ3n) is 11.1. The van der Waals surface area contributed by atoms with Crippen molar-refractivity contribution in [2.24, 2.45) is 5.92 Å². The molecular weight excluding hydrogens is 765 g/mol. The SMILES string of the molecule is C1CCCCC1.O=C(O)CCC(=O)O.O=c1ccc2c(C(O)CNCCc3ccc(CCN4CCC(Cn5cnc(C(O)c6ccccc6)n5)CC4)cc3)ccc(O)c2[nH]1. The molecule has 2 fully saturated rings. The number of nitrogens with one attached hydrogen (secondary N) is 2. The minimum absolute atomic E-state index is 0.0136. The van der Waals surface area contributed by atoms with Gasteiger partial charge in [-0.3, -0.25) is 19.1 Å². The van der Waals surface area contributed by atoms with E-state index in [2.05, 4.69) is 49.5 Å². The van der Waals surface area contributed by atoms with Crippen molar-refractivity contribution in [1.29, 1.82) is 0 Å². The van der Waals surface area contributed by atoms with Gasteiger partial charge in [-0.25, -0.2) is 4.98 Å². The van der Waals surface area contributed by atoms with E-state index in [4.69, 9.17) is 10.2 Å². The van der Waals surface area contributed by atoms with Gasteiger partial charge in [-0.1, -0.05) is 99.2 Å². The van der Waals surface area contributed by atoms with Gasteiger partial charge in [-0.2, -0.15) is 5.10 Å². The Kier molecular flexibility index (Phi) is 18.3. The summed E-state index contributed by atoms with van der Waals surface area (Å²) in [5.74, 6) is -1.16. The van der Waals surface area contributed by atoms with Crippen LogP contribution in [0.5, 0.6) is 5.75 Å². The van der Waals surface area contributed by atoms with Crippen molar-refractivity contribution < 1.29 is 35.1 Å². The third kappa shape index (κ3) is 15.0. The number of fused-ring (bicyclic) bond motifs is 1. The number of aliphatic hydroxyl groups is 2. The van der Waals surface area contributed by atoms with Crippen molar-refractivity contribution in [2.45, 2.75) is 95.8 Å². The quantitative estimate of drug-likeness (QED) is 0.0571. The Bertz CT molecular complexity index is 2090. The van der Waals surface area contributed by atoms with Gasteiger partial charge in [0.25, 0.3) is 0 Å². The van der Waals surface area contributed by atoms with Gasteiger partial charge in [0.15, 0.2) is 5.82 Å². The number of piperidine rings is 1. The van der Waals surface area contributed by atoms with Crippen molar-refractivity contribution in [3.8, 4) is 5.75 Å². The number of hydrogen-bond donors (Lipinski definition) is 7. The lowest BCUT2D eigenvalue weighted by Crippen LogP contribution is -2.36. The van der Waals surface area contributed by atoms with E-state index in [1.54, 1.807) is 18.5 Å². The summed E-state index contributed by atoms with van der Waals surface area (Å²) in [7, 11) is 0. The Morgan fingerprint density at radius 2 is 1.42 bits per heavy atom. The standard InChI is InChI=1S/C36H42N6O4.C6H12.C4H6O4/c43-31-12-10-29(30-11-13-33(45)39-34(30)31)32(44)22-37-18-14-25-6-8-26(9-7-25)15-19-41-20-16-27(17-21-41)23-42-24-38-36(40-42)35(46)28-4-2-1-3-5-28;1-2-4-6-5-3-1;5-3(6)1-2-4(7)8/h1-13,24,27,32,35,37,43-44,46H,14-23H2,(H,39,45);1-6H2;1-2H2,(H,5,6)(H,7,8). The minimum Gasteiger partial charge on any atom is -0.506 e. The molecule has 3 aromatic carbocycles. The summed E-state index contributed by atoms with van der Waals surface area (Å²) in [4.78, 5) is 40.5. The highest BCUT2D eigenvalue weighted by Gasteiger charge is 2.21. The summed E-state index contributed by atoms with van der Waals surface area (Å²) >= 11 is 0. The molecule has 14 heteroatoms. The number of hydrogen-bond acceptors (Lipinski definition) is 10. The Labute approximate surface area is 350 Å². The van der Waals surface area contributed by atoms with Crippen molar-refractivity contribution >= 4 is 22.8 Å². The molecule has 322 valence electrons. The second-order valence-corrected chi connectivity index (χ2v) is 15.7. The zero-order valence-corrected chi connectivity index (χ0v) is 34.3. The van der Waals surface area contributed by atoms with Crippen molar-refractivity contribution in [3.05, 3.63) is 124 Å². The smallest absolute Gasteiger partial charge is 0.303 e. The number of likely N-dealkylation sites (tertiary alicyclic amines) is 1. The second-order valence-electron chi connectivity index (χ2n) is 15.7. The first kappa shape index (κ1) is 45.7. The van der Waals surface area contributed by atoms with Gasteiger partial charge in [0.05, 0.1) is 24.5 Å². The molecule has 2 aromatic heterocycles. The second kappa shape index (κ2) is 24.0. The number of carboxylic acids is 2. The van der Waals surface area contributed by atoms with Gasteiger partial charge in [0.2, 0.25) is 5.56 Å². The van der Waals surface area contributed by atoms with Gasteiger partial charge in [-0.15, -0.1) is 0 Å². The van der Waals surface area contributed by atoms with E-state index in [9.17, 15) is 29.7 Å². The fourth-order valence-electron chi connectivity index (χ4n) is 7.53. The zero-order chi connectivity index (χ0) is 42.7. The van der Waals surface area contributed by atoms with Crippen LogP contribution in [0.4, 0.5) is 0 Å². The molecule has 2 unspecified atom stereocenters. The normalized spacial score (nSPS) is 15.6. The number of aromatic amines is 1. The van der Waals surface area contributed by atoms with Crippen LogP contribution in [0.25, 0.3) is 10.9 Å². The van der Waals surface area contributed by atoms with E-state index < -0.39 is 24.1 Å². The largest absolute Gasteiger partial charge is 0.506 e. The van der Waals surface area contributed by atoms with E-state index in [0.717, 1.165) is 64.0 Å². The first-order valence-electron chi connectivity index (χ1n) is 21.2. The topological polar surface area (TPSA) is 214 Å². The number of benzene rings is 3. The monoisotopic (exact) mass is 824 g/mol. The predicted octanol–water partition coefficient (Wildman–Crippen LogP) is 6.00. The number of carbonyl (C=O) groups is 2. The van der Waals surface area contributed by atoms with Crippen molar-refractivity contribution in [3.63, 3.8) is 0 Å². The van der Waals surface area contributed by atoms with Crippen LogP contribution in [0.15, 0.2) is 90.0 Å². The number of pyridine rings is 1. The fraction of sp³-hybridized carbons (Fsp3) is 0.457. The average molecular weight is 825 g/mol. The third-order valence-corrected chi connectivity index (χ3v) is 11.1. The van der Waals surface area contributed by atoms with Gasteiger partial charge in [0, 0.05) is 31.1 Å².